The molecule has 2 N–H and O–H groups in total. The molecule has 0 aromatic heterocycles. The Bertz CT molecular complexity index is 935. The first-order valence-electron chi connectivity index (χ1n) is 12.0. The van der Waals surface area contributed by atoms with Crippen LogP contribution in [0.4, 0.5) is 0 Å². The zero-order valence-electron chi connectivity index (χ0n) is 20.4. The number of amides is 2. The summed E-state index contributed by atoms with van der Waals surface area (Å²) in [4.78, 5) is 30.8. The Kier molecular flexibility index (Phi) is 9.03. The third-order valence-corrected chi connectivity index (χ3v) is 6.50. The van der Waals surface area contributed by atoms with Gasteiger partial charge in [0.25, 0.3) is 5.91 Å². The van der Waals surface area contributed by atoms with Crippen LogP contribution in [0.1, 0.15) is 47.8 Å². The van der Waals surface area contributed by atoms with Crippen molar-refractivity contribution in [2.75, 3.05) is 32.7 Å². The van der Waals surface area contributed by atoms with Crippen LogP contribution >= 0.6 is 0 Å². The van der Waals surface area contributed by atoms with Crippen LogP contribution in [0.15, 0.2) is 48.5 Å². The van der Waals surface area contributed by atoms with Crippen LogP contribution in [-0.2, 0) is 17.9 Å². The predicted molar refractivity (Wildman–Crippen MR) is 133 cm³/mol. The van der Waals surface area contributed by atoms with Crippen LogP contribution in [0.3, 0.4) is 0 Å². The second-order valence-corrected chi connectivity index (χ2v) is 9.21. The van der Waals surface area contributed by atoms with Gasteiger partial charge in [0.1, 0.15) is 6.04 Å². The van der Waals surface area contributed by atoms with E-state index in [4.69, 9.17) is 0 Å². The van der Waals surface area contributed by atoms with Gasteiger partial charge >= 0.3 is 0 Å². The molecule has 2 amide bonds. The van der Waals surface area contributed by atoms with Gasteiger partial charge in [-0.25, -0.2) is 0 Å². The van der Waals surface area contributed by atoms with Crippen LogP contribution in [0.25, 0.3) is 0 Å². The molecule has 6 heteroatoms. The van der Waals surface area contributed by atoms with E-state index >= 15 is 0 Å². The molecular weight excluding hydrogens is 412 g/mol. The molecule has 0 spiro atoms. The van der Waals surface area contributed by atoms with Gasteiger partial charge in [0.05, 0.1) is 0 Å². The van der Waals surface area contributed by atoms with Crippen LogP contribution in [0, 0.1) is 12.8 Å². The van der Waals surface area contributed by atoms with Gasteiger partial charge in [-0.05, 0) is 42.1 Å². The van der Waals surface area contributed by atoms with Crippen LogP contribution in [-0.4, -0.2) is 60.4 Å². The highest BCUT2D eigenvalue weighted by Gasteiger charge is 2.25. The van der Waals surface area contributed by atoms with Gasteiger partial charge in [-0.1, -0.05) is 63.2 Å². The van der Waals surface area contributed by atoms with Gasteiger partial charge in [0.2, 0.25) is 5.91 Å². The number of aryl methyl sites for hydroxylation is 1. The Morgan fingerprint density at radius 2 is 1.52 bits per heavy atom. The van der Waals surface area contributed by atoms with E-state index in [9.17, 15) is 9.59 Å². The molecule has 1 aliphatic rings. The third-order valence-electron chi connectivity index (χ3n) is 6.50. The molecule has 1 aliphatic heterocycles. The number of benzene rings is 2. The summed E-state index contributed by atoms with van der Waals surface area (Å²) in [6.07, 6.45) is 0. The van der Waals surface area contributed by atoms with E-state index in [2.05, 4.69) is 45.6 Å². The summed E-state index contributed by atoms with van der Waals surface area (Å²) < 4.78 is 0. The minimum atomic E-state index is -0.591. The molecule has 1 heterocycles. The Morgan fingerprint density at radius 3 is 2.15 bits per heavy atom. The average molecular weight is 451 g/mol. The normalized spacial score (nSPS) is 15.9. The Morgan fingerprint density at radius 1 is 0.909 bits per heavy atom. The van der Waals surface area contributed by atoms with Crippen molar-refractivity contribution >= 4 is 11.8 Å². The molecule has 0 saturated carbocycles. The number of likely N-dealkylation sites (N-methyl/N-ethyl adjacent to an activating group) is 1. The molecule has 1 atom stereocenters. The highest BCUT2D eigenvalue weighted by molar-refractivity contribution is 5.98. The maximum absolute atomic E-state index is 13.0. The van der Waals surface area contributed by atoms with Crippen molar-refractivity contribution in [1.82, 2.24) is 20.4 Å². The van der Waals surface area contributed by atoms with E-state index in [0.717, 1.165) is 50.4 Å². The van der Waals surface area contributed by atoms with Gasteiger partial charge in [-0.3, -0.25) is 14.5 Å². The molecule has 2 aromatic rings. The number of carbonyl (C=O) groups excluding carboxylic acids is 2. The number of hydrogen-bond acceptors (Lipinski definition) is 4. The van der Waals surface area contributed by atoms with E-state index < -0.39 is 6.04 Å². The summed E-state index contributed by atoms with van der Waals surface area (Å²) in [5, 5.41) is 6.00. The first-order chi connectivity index (χ1) is 15.9. The van der Waals surface area contributed by atoms with E-state index in [0.29, 0.717) is 12.1 Å². The van der Waals surface area contributed by atoms with Gasteiger partial charge in [-0.15, -0.1) is 0 Å². The molecule has 178 valence electrons. The SMILES string of the molecule is CCN1CCN(Cc2ccccc2CNC(=O)[C@@H](NC(=O)c2ccccc2C)C(C)C)CC1. The molecule has 0 bridgehead atoms. The fourth-order valence-corrected chi connectivity index (χ4v) is 4.26. The summed E-state index contributed by atoms with van der Waals surface area (Å²) in [5.41, 5.74) is 3.86. The topological polar surface area (TPSA) is 64.7 Å². The molecule has 0 aliphatic carbocycles. The molecule has 33 heavy (non-hydrogen) atoms. The minimum Gasteiger partial charge on any atom is -0.350 e. The zero-order valence-corrected chi connectivity index (χ0v) is 20.4. The number of nitrogens with one attached hydrogen (secondary N) is 2. The summed E-state index contributed by atoms with van der Waals surface area (Å²) in [6, 6.07) is 15.1. The second-order valence-electron chi connectivity index (χ2n) is 9.21. The highest BCUT2D eigenvalue weighted by Crippen LogP contribution is 2.14. The number of rotatable bonds is 9. The average Bonchev–Trinajstić information content (AvgIpc) is 2.82. The van der Waals surface area contributed by atoms with Crippen molar-refractivity contribution < 1.29 is 9.59 Å². The molecule has 0 unspecified atom stereocenters. The Balaban J connectivity index is 1.60. The van der Waals surface area contributed by atoms with Crippen molar-refractivity contribution in [2.45, 2.75) is 46.8 Å². The summed E-state index contributed by atoms with van der Waals surface area (Å²) in [7, 11) is 0. The van der Waals surface area contributed by atoms with Crippen molar-refractivity contribution in [3.05, 3.63) is 70.8 Å². The van der Waals surface area contributed by atoms with Crippen molar-refractivity contribution in [3.63, 3.8) is 0 Å². The van der Waals surface area contributed by atoms with Crippen LogP contribution < -0.4 is 10.6 Å². The minimum absolute atomic E-state index is 0.0249. The number of hydrogen-bond donors (Lipinski definition) is 2. The molecule has 0 radical (unpaired) electrons. The summed E-state index contributed by atoms with van der Waals surface area (Å²) >= 11 is 0. The predicted octanol–water partition coefficient (Wildman–Crippen LogP) is 3.20. The molecule has 1 saturated heterocycles. The van der Waals surface area contributed by atoms with Gasteiger partial charge in [0, 0.05) is 44.8 Å². The number of nitrogens with zero attached hydrogens (tertiary/aromatic N) is 2. The van der Waals surface area contributed by atoms with Gasteiger partial charge in [-0.2, -0.15) is 0 Å². The van der Waals surface area contributed by atoms with Crippen molar-refractivity contribution in [1.29, 1.82) is 0 Å². The zero-order chi connectivity index (χ0) is 23.8. The van der Waals surface area contributed by atoms with E-state index in [-0.39, 0.29) is 17.7 Å². The maximum Gasteiger partial charge on any atom is 0.252 e. The molecule has 1 fully saturated rings. The van der Waals surface area contributed by atoms with E-state index in [1.165, 1.54) is 5.56 Å². The monoisotopic (exact) mass is 450 g/mol. The highest BCUT2D eigenvalue weighted by atomic mass is 16.2. The Labute approximate surface area is 198 Å². The largest absolute Gasteiger partial charge is 0.350 e. The van der Waals surface area contributed by atoms with Crippen molar-refractivity contribution in [2.24, 2.45) is 5.92 Å². The lowest BCUT2D eigenvalue weighted by molar-refractivity contribution is -0.124. The first-order valence-corrected chi connectivity index (χ1v) is 12.0. The van der Waals surface area contributed by atoms with Gasteiger partial charge < -0.3 is 15.5 Å². The van der Waals surface area contributed by atoms with E-state index in [1.807, 2.05) is 45.0 Å². The second kappa shape index (κ2) is 12.0. The fraction of sp³-hybridized carbons (Fsp3) is 0.481. The van der Waals surface area contributed by atoms with Crippen LogP contribution in [0.2, 0.25) is 0 Å². The summed E-state index contributed by atoms with van der Waals surface area (Å²) in [5.74, 6) is -0.394. The number of piperazine rings is 1. The Hall–Kier alpha value is -2.70. The quantitative estimate of drug-likeness (QED) is 0.616. The lowest BCUT2D eigenvalue weighted by Gasteiger charge is -2.34. The molecule has 2 aromatic carbocycles. The van der Waals surface area contributed by atoms with E-state index in [1.54, 1.807) is 6.07 Å². The smallest absolute Gasteiger partial charge is 0.252 e. The summed E-state index contributed by atoms with van der Waals surface area (Å²) in [6.45, 7) is 14.8. The maximum atomic E-state index is 13.0. The molecule has 3 rings (SSSR count). The fourth-order valence-electron chi connectivity index (χ4n) is 4.26. The van der Waals surface area contributed by atoms with Gasteiger partial charge in [0.15, 0.2) is 0 Å². The first kappa shape index (κ1) is 24.9. The van der Waals surface area contributed by atoms with Crippen LogP contribution in [0.5, 0.6) is 0 Å². The lowest BCUT2D eigenvalue weighted by Crippen LogP contribution is -2.49. The van der Waals surface area contributed by atoms with Crippen molar-refractivity contribution in [3.8, 4) is 0 Å². The number of carbonyl (C=O) groups is 2. The molecular formula is C27H38N4O2. The molecule has 6 nitrogen and oxygen atoms in total. The standard InChI is InChI=1S/C27H38N4O2/c1-5-30-14-16-31(17-15-30)19-23-12-8-7-11-22(23)18-28-27(33)25(20(2)3)29-26(32)24-13-9-6-10-21(24)4/h6-13,20,25H,5,14-19H2,1-4H3,(H,28,33)(H,29,32)/t25-/m0/s1. The third kappa shape index (κ3) is 6.89. The lowest BCUT2D eigenvalue weighted by atomic mass is 10.0.